The average Bonchev–Trinajstić information content (AvgIpc) is 3.93. The molecule has 2 aromatic heterocycles. The Morgan fingerprint density at radius 2 is 1.67 bits per heavy atom. The Bertz CT molecular complexity index is 2080. The van der Waals surface area contributed by atoms with Gasteiger partial charge in [-0.05, 0) is 80.7 Å². The van der Waals surface area contributed by atoms with E-state index in [0.717, 1.165) is 122 Å². The Hall–Kier alpha value is -4.29. The third-order valence-corrected chi connectivity index (χ3v) is 12.8. The highest BCUT2D eigenvalue weighted by atomic mass is 35.5. The van der Waals surface area contributed by atoms with Crippen LogP contribution in [0, 0.1) is 11.8 Å². The van der Waals surface area contributed by atoms with Crippen LogP contribution >= 0.6 is 11.6 Å². The van der Waals surface area contributed by atoms with Crippen molar-refractivity contribution in [1.82, 2.24) is 24.3 Å². The highest BCUT2D eigenvalue weighted by Crippen LogP contribution is 2.43. The molecule has 0 radical (unpaired) electrons. The number of anilines is 1. The quantitative estimate of drug-likeness (QED) is 0.186. The number of carbonyl (C=O) groups is 2. The fourth-order valence-electron chi connectivity index (χ4n) is 9.25. The summed E-state index contributed by atoms with van der Waals surface area (Å²) >= 11 is 7.21. The van der Waals surface area contributed by atoms with Crippen LogP contribution < -0.4 is 9.64 Å². The molecule has 4 aromatic rings. The number of methoxy groups -OCH3 is 2. The van der Waals surface area contributed by atoms with E-state index in [1.807, 2.05) is 59.0 Å². The summed E-state index contributed by atoms with van der Waals surface area (Å²) in [4.78, 5) is 42.6. The van der Waals surface area contributed by atoms with Gasteiger partial charge in [-0.25, -0.2) is 9.97 Å². The summed E-state index contributed by atoms with van der Waals surface area (Å²) in [5.74, 6) is 1.57. The molecule has 290 valence electrons. The SMILES string of the molecule is COC(=O)C1CCC(CCN2CCc3c(nc(C(=O)N4CCc5c(-c6cccc(-c7ccc(CN8CC[C@@H](O)C8)c(OC)n7)c6Cl)cccc54)n3C)C2)CC1. The van der Waals surface area contributed by atoms with Gasteiger partial charge in [-0.15, -0.1) is 0 Å². The maximum Gasteiger partial charge on any atom is 0.308 e. The Balaban J connectivity index is 0.967. The lowest BCUT2D eigenvalue weighted by molar-refractivity contribution is -0.146. The highest BCUT2D eigenvalue weighted by Gasteiger charge is 2.34. The number of benzene rings is 2. The van der Waals surface area contributed by atoms with Crippen LogP contribution in [0.4, 0.5) is 5.69 Å². The van der Waals surface area contributed by atoms with Crippen LogP contribution in [0.2, 0.25) is 5.02 Å². The Morgan fingerprint density at radius 1 is 0.891 bits per heavy atom. The monoisotopic (exact) mass is 766 g/mol. The van der Waals surface area contributed by atoms with E-state index >= 15 is 0 Å². The molecule has 0 unspecified atom stereocenters. The molecule has 1 N–H and O–H groups in total. The van der Waals surface area contributed by atoms with Crippen molar-refractivity contribution in [2.24, 2.45) is 18.9 Å². The molecule has 55 heavy (non-hydrogen) atoms. The van der Waals surface area contributed by atoms with Gasteiger partial charge in [-0.3, -0.25) is 19.4 Å². The Labute approximate surface area is 328 Å². The van der Waals surface area contributed by atoms with Crippen molar-refractivity contribution in [2.45, 2.75) is 70.6 Å². The van der Waals surface area contributed by atoms with Crippen LogP contribution in [0.1, 0.15) is 71.7 Å². The predicted molar refractivity (Wildman–Crippen MR) is 212 cm³/mol. The number of rotatable bonds is 10. The lowest BCUT2D eigenvalue weighted by Crippen LogP contribution is -2.33. The number of carbonyl (C=O) groups excluding carboxylic acids is 2. The van der Waals surface area contributed by atoms with Crippen molar-refractivity contribution in [3.8, 4) is 28.3 Å². The summed E-state index contributed by atoms with van der Waals surface area (Å²) in [6.45, 7) is 5.41. The number of likely N-dealkylation sites (tertiary alicyclic amines) is 1. The van der Waals surface area contributed by atoms with E-state index in [-0.39, 0.29) is 23.9 Å². The first-order valence-corrected chi connectivity index (χ1v) is 20.1. The lowest BCUT2D eigenvalue weighted by Gasteiger charge is -2.31. The van der Waals surface area contributed by atoms with E-state index in [1.54, 1.807) is 7.11 Å². The first-order valence-electron chi connectivity index (χ1n) is 19.7. The molecular weight excluding hydrogens is 716 g/mol. The molecular formula is C43H51ClN6O5. The van der Waals surface area contributed by atoms with Gasteiger partial charge < -0.3 is 24.0 Å². The maximum atomic E-state index is 14.3. The Kier molecular flexibility index (Phi) is 11.0. The zero-order chi connectivity index (χ0) is 38.2. The first-order chi connectivity index (χ1) is 26.7. The van der Waals surface area contributed by atoms with E-state index in [0.29, 0.717) is 48.7 Å². The number of hydrogen-bond acceptors (Lipinski definition) is 9. The van der Waals surface area contributed by atoms with Crippen LogP contribution in [0.3, 0.4) is 0 Å². The largest absolute Gasteiger partial charge is 0.481 e. The fraction of sp³-hybridized carbons (Fsp3) is 0.488. The van der Waals surface area contributed by atoms with Gasteiger partial charge in [-0.2, -0.15) is 0 Å². The number of halogens is 1. The van der Waals surface area contributed by atoms with Crippen LogP contribution in [0.5, 0.6) is 5.88 Å². The second-order valence-electron chi connectivity index (χ2n) is 15.7. The molecule has 2 fully saturated rings. The third-order valence-electron chi connectivity index (χ3n) is 12.4. The summed E-state index contributed by atoms with van der Waals surface area (Å²) in [5.41, 5.74) is 8.52. The highest BCUT2D eigenvalue weighted by molar-refractivity contribution is 6.36. The zero-order valence-corrected chi connectivity index (χ0v) is 32.9. The lowest BCUT2D eigenvalue weighted by atomic mass is 9.80. The van der Waals surface area contributed by atoms with Crippen LogP contribution in [0.15, 0.2) is 48.5 Å². The predicted octanol–water partition coefficient (Wildman–Crippen LogP) is 6.31. The van der Waals surface area contributed by atoms with Crippen molar-refractivity contribution in [3.63, 3.8) is 0 Å². The van der Waals surface area contributed by atoms with Crippen molar-refractivity contribution in [1.29, 1.82) is 0 Å². The first kappa shape index (κ1) is 37.6. The number of aliphatic hydroxyl groups is 1. The summed E-state index contributed by atoms with van der Waals surface area (Å²) in [7, 11) is 5.08. The number of ether oxygens (including phenoxy) is 2. The molecule has 0 bridgehead atoms. The second kappa shape index (κ2) is 16.1. The van der Waals surface area contributed by atoms with Gasteiger partial charge in [0.1, 0.15) is 0 Å². The minimum atomic E-state index is -0.287. The number of β-amino-alcohol motifs (C(OH)–C–C–N with tert-alkyl or cyclic N) is 1. The van der Waals surface area contributed by atoms with Gasteiger partial charge in [0.25, 0.3) is 5.91 Å². The molecule has 1 amide bonds. The molecule has 3 aliphatic heterocycles. The second-order valence-corrected chi connectivity index (χ2v) is 16.0. The molecule has 4 aliphatic rings. The van der Waals surface area contributed by atoms with Crippen LogP contribution in [-0.2, 0) is 42.5 Å². The molecule has 11 nitrogen and oxygen atoms in total. The van der Waals surface area contributed by atoms with E-state index < -0.39 is 0 Å². The number of pyridine rings is 1. The van der Waals surface area contributed by atoms with E-state index in [2.05, 4.69) is 15.9 Å². The van der Waals surface area contributed by atoms with Crippen LogP contribution in [-0.4, -0.2) is 94.4 Å². The van der Waals surface area contributed by atoms with Gasteiger partial charge in [-0.1, -0.05) is 48.0 Å². The number of amides is 1. The van der Waals surface area contributed by atoms with E-state index in [1.165, 1.54) is 7.11 Å². The molecule has 0 spiro atoms. The molecule has 12 heteroatoms. The van der Waals surface area contributed by atoms with Gasteiger partial charge in [0.15, 0.2) is 5.82 Å². The minimum absolute atomic E-state index is 0.0562. The summed E-state index contributed by atoms with van der Waals surface area (Å²) in [6.07, 6.45) is 7.17. The van der Waals surface area contributed by atoms with E-state index in [4.69, 9.17) is 31.0 Å². The fourth-order valence-corrected chi connectivity index (χ4v) is 9.58. The van der Waals surface area contributed by atoms with Gasteiger partial charge in [0, 0.05) is 80.8 Å². The topological polar surface area (TPSA) is 113 Å². The molecule has 2 aromatic carbocycles. The number of esters is 1. The average molecular weight is 767 g/mol. The number of fused-ring (bicyclic) bond motifs is 2. The summed E-state index contributed by atoms with van der Waals surface area (Å²) in [6, 6.07) is 16.1. The van der Waals surface area contributed by atoms with Gasteiger partial charge >= 0.3 is 5.97 Å². The smallest absolute Gasteiger partial charge is 0.308 e. The minimum Gasteiger partial charge on any atom is -0.481 e. The van der Waals surface area contributed by atoms with E-state index in [9.17, 15) is 14.7 Å². The molecule has 1 saturated heterocycles. The number of imidazole rings is 1. The summed E-state index contributed by atoms with van der Waals surface area (Å²) in [5, 5.41) is 10.6. The number of aromatic nitrogens is 3. The van der Waals surface area contributed by atoms with Crippen molar-refractivity contribution >= 4 is 29.2 Å². The number of hydrogen-bond donors (Lipinski definition) is 1. The molecule has 8 rings (SSSR count). The third kappa shape index (κ3) is 7.51. The molecule has 1 aliphatic carbocycles. The standard InChI is InChI=1S/C43H51ClN6O5/c1-47-38-19-22-48(20-16-27-10-12-28(13-11-27)43(53)55-3)26-36(38)45-40(47)42(52)50-23-18-32-31(6-5-9-37(32)50)33-7-4-8-34(39(33)44)35-15-14-29(41(46-35)54-2)24-49-21-17-30(51)25-49/h4-9,14-15,27-28,30,51H,10-13,16-26H2,1-3H3/t27?,28?,30-/m1/s1. The molecule has 1 atom stereocenters. The van der Waals surface area contributed by atoms with Crippen molar-refractivity contribution in [3.05, 3.63) is 81.9 Å². The number of aliphatic hydroxyl groups excluding tert-OH is 1. The van der Waals surface area contributed by atoms with Crippen molar-refractivity contribution in [2.75, 3.05) is 51.8 Å². The summed E-state index contributed by atoms with van der Waals surface area (Å²) < 4.78 is 12.7. The van der Waals surface area contributed by atoms with Crippen molar-refractivity contribution < 1.29 is 24.2 Å². The molecule has 5 heterocycles. The van der Waals surface area contributed by atoms with Gasteiger partial charge in [0.2, 0.25) is 5.88 Å². The van der Waals surface area contributed by atoms with Gasteiger partial charge in [0.05, 0.1) is 42.7 Å². The Morgan fingerprint density at radius 3 is 2.44 bits per heavy atom. The normalized spacial score (nSPS) is 21.4. The maximum absolute atomic E-state index is 14.3. The number of nitrogens with zero attached hydrogens (tertiary/aromatic N) is 6. The van der Waals surface area contributed by atoms with Crippen LogP contribution in [0.25, 0.3) is 22.4 Å². The molecule has 1 saturated carbocycles. The zero-order valence-electron chi connectivity index (χ0n) is 32.1.